The molecule has 0 saturated carbocycles. The number of fused-ring (bicyclic) bond motifs is 1. The number of aryl methyl sites for hydroxylation is 1. The van der Waals surface area contributed by atoms with E-state index in [9.17, 15) is 4.79 Å². The van der Waals surface area contributed by atoms with Gasteiger partial charge in [-0.05, 0) is 18.6 Å². The Morgan fingerprint density at radius 2 is 2.10 bits per heavy atom. The van der Waals surface area contributed by atoms with Crippen molar-refractivity contribution >= 4 is 22.8 Å². The SMILES string of the molecule is CCc1cc(NC(=O)c2cnc3ccccc3n2)n[nH]1. The van der Waals surface area contributed by atoms with E-state index in [1.54, 1.807) is 6.07 Å². The van der Waals surface area contributed by atoms with Crippen molar-refractivity contribution in [1.29, 1.82) is 0 Å². The van der Waals surface area contributed by atoms with Gasteiger partial charge < -0.3 is 5.32 Å². The summed E-state index contributed by atoms with van der Waals surface area (Å²) in [6.07, 6.45) is 2.30. The van der Waals surface area contributed by atoms with Crippen LogP contribution in [0.5, 0.6) is 0 Å². The molecule has 2 heterocycles. The standard InChI is InChI=1S/C14H13N5O/c1-2-9-7-13(19-18-9)17-14(20)12-8-15-10-5-3-4-6-11(10)16-12/h3-8H,2H2,1H3,(H2,17,18,19,20). The van der Waals surface area contributed by atoms with E-state index >= 15 is 0 Å². The molecule has 0 fully saturated rings. The largest absolute Gasteiger partial charge is 0.304 e. The van der Waals surface area contributed by atoms with Gasteiger partial charge in [-0.3, -0.25) is 14.9 Å². The van der Waals surface area contributed by atoms with Crippen LogP contribution in [0.4, 0.5) is 5.82 Å². The lowest BCUT2D eigenvalue weighted by atomic mass is 10.3. The highest BCUT2D eigenvalue weighted by Gasteiger charge is 2.11. The molecule has 0 unspecified atom stereocenters. The molecule has 20 heavy (non-hydrogen) atoms. The molecular weight excluding hydrogens is 254 g/mol. The molecule has 1 aromatic carbocycles. The molecule has 2 aromatic heterocycles. The van der Waals surface area contributed by atoms with E-state index in [1.807, 2.05) is 31.2 Å². The average Bonchev–Trinajstić information content (AvgIpc) is 2.94. The number of hydrogen-bond donors (Lipinski definition) is 2. The Balaban J connectivity index is 1.84. The number of carbonyl (C=O) groups excluding carboxylic acids is 1. The second kappa shape index (κ2) is 5.08. The normalized spacial score (nSPS) is 10.7. The zero-order chi connectivity index (χ0) is 13.9. The molecule has 0 spiro atoms. The van der Waals surface area contributed by atoms with Gasteiger partial charge >= 0.3 is 0 Å². The third-order valence-electron chi connectivity index (χ3n) is 2.93. The lowest BCUT2D eigenvalue weighted by molar-refractivity contribution is 0.102. The van der Waals surface area contributed by atoms with E-state index in [0.29, 0.717) is 11.3 Å². The van der Waals surface area contributed by atoms with Crippen molar-refractivity contribution in [2.45, 2.75) is 13.3 Å². The molecule has 6 heteroatoms. The fraction of sp³-hybridized carbons (Fsp3) is 0.143. The summed E-state index contributed by atoms with van der Waals surface area (Å²) in [4.78, 5) is 20.6. The molecule has 6 nitrogen and oxygen atoms in total. The number of aromatic amines is 1. The number of rotatable bonds is 3. The Bertz CT molecular complexity index is 765. The van der Waals surface area contributed by atoms with Crippen molar-refractivity contribution in [3.8, 4) is 0 Å². The van der Waals surface area contributed by atoms with Crippen LogP contribution in [0.2, 0.25) is 0 Å². The molecule has 0 aliphatic heterocycles. The van der Waals surface area contributed by atoms with E-state index in [1.165, 1.54) is 6.20 Å². The summed E-state index contributed by atoms with van der Waals surface area (Å²) < 4.78 is 0. The van der Waals surface area contributed by atoms with E-state index in [0.717, 1.165) is 17.6 Å². The van der Waals surface area contributed by atoms with Gasteiger partial charge in [0.2, 0.25) is 0 Å². The maximum atomic E-state index is 12.1. The molecule has 0 saturated heterocycles. The van der Waals surface area contributed by atoms with Crippen molar-refractivity contribution in [2.75, 3.05) is 5.32 Å². The smallest absolute Gasteiger partial charge is 0.277 e. The number of benzene rings is 1. The first-order valence-corrected chi connectivity index (χ1v) is 6.33. The van der Waals surface area contributed by atoms with Gasteiger partial charge in [0.1, 0.15) is 5.69 Å². The monoisotopic (exact) mass is 267 g/mol. The number of H-pyrrole nitrogens is 1. The minimum absolute atomic E-state index is 0.268. The highest BCUT2D eigenvalue weighted by Crippen LogP contribution is 2.11. The Morgan fingerprint density at radius 1 is 1.30 bits per heavy atom. The number of nitrogens with zero attached hydrogens (tertiary/aromatic N) is 3. The number of hydrogen-bond acceptors (Lipinski definition) is 4. The fourth-order valence-electron chi connectivity index (χ4n) is 1.85. The maximum Gasteiger partial charge on any atom is 0.277 e. The number of anilines is 1. The molecule has 0 aliphatic rings. The van der Waals surface area contributed by atoms with Crippen LogP contribution < -0.4 is 5.32 Å². The van der Waals surface area contributed by atoms with Crippen LogP contribution in [-0.4, -0.2) is 26.1 Å². The molecule has 1 amide bonds. The number of nitrogens with one attached hydrogen (secondary N) is 2. The first-order chi connectivity index (χ1) is 9.76. The lowest BCUT2D eigenvalue weighted by Crippen LogP contribution is -2.14. The van der Waals surface area contributed by atoms with Crippen LogP contribution in [0.3, 0.4) is 0 Å². The van der Waals surface area contributed by atoms with Gasteiger partial charge in [-0.25, -0.2) is 4.98 Å². The summed E-state index contributed by atoms with van der Waals surface area (Å²) in [5.41, 5.74) is 2.68. The summed E-state index contributed by atoms with van der Waals surface area (Å²) in [6, 6.07) is 9.22. The van der Waals surface area contributed by atoms with Crippen molar-refractivity contribution < 1.29 is 4.79 Å². The van der Waals surface area contributed by atoms with E-state index in [-0.39, 0.29) is 11.6 Å². The Hall–Kier alpha value is -2.76. The van der Waals surface area contributed by atoms with Crippen LogP contribution in [0.25, 0.3) is 11.0 Å². The molecular formula is C14H13N5O. The minimum Gasteiger partial charge on any atom is -0.304 e. The van der Waals surface area contributed by atoms with E-state index < -0.39 is 0 Å². The number of amides is 1. The third-order valence-corrected chi connectivity index (χ3v) is 2.93. The quantitative estimate of drug-likeness (QED) is 0.761. The summed E-state index contributed by atoms with van der Waals surface area (Å²) in [5.74, 6) is 0.166. The van der Waals surface area contributed by atoms with Crippen LogP contribution in [-0.2, 0) is 6.42 Å². The summed E-state index contributed by atoms with van der Waals surface area (Å²) in [5, 5.41) is 9.54. The number of carbonyl (C=O) groups is 1. The van der Waals surface area contributed by atoms with Gasteiger partial charge in [0.25, 0.3) is 5.91 Å². The first kappa shape index (κ1) is 12.3. The van der Waals surface area contributed by atoms with Crippen LogP contribution in [0.1, 0.15) is 23.1 Å². The molecule has 0 aliphatic carbocycles. The molecule has 3 rings (SSSR count). The zero-order valence-electron chi connectivity index (χ0n) is 10.9. The topological polar surface area (TPSA) is 83.6 Å². The summed E-state index contributed by atoms with van der Waals surface area (Å²) in [7, 11) is 0. The summed E-state index contributed by atoms with van der Waals surface area (Å²) in [6.45, 7) is 2.01. The van der Waals surface area contributed by atoms with Crippen molar-refractivity contribution in [2.24, 2.45) is 0 Å². The lowest BCUT2D eigenvalue weighted by Gasteiger charge is -2.02. The maximum absolute atomic E-state index is 12.1. The van der Waals surface area contributed by atoms with Gasteiger partial charge in [0.15, 0.2) is 5.82 Å². The molecule has 0 radical (unpaired) electrons. The Morgan fingerprint density at radius 3 is 2.85 bits per heavy atom. The minimum atomic E-state index is -0.322. The highest BCUT2D eigenvalue weighted by molar-refractivity contribution is 6.03. The third kappa shape index (κ3) is 2.35. The molecule has 2 N–H and O–H groups in total. The van der Waals surface area contributed by atoms with E-state index in [4.69, 9.17) is 0 Å². The van der Waals surface area contributed by atoms with Gasteiger partial charge in [0, 0.05) is 11.8 Å². The second-order valence-corrected chi connectivity index (χ2v) is 4.33. The fourth-order valence-corrected chi connectivity index (χ4v) is 1.85. The van der Waals surface area contributed by atoms with Crippen LogP contribution >= 0.6 is 0 Å². The van der Waals surface area contributed by atoms with Gasteiger partial charge in [-0.1, -0.05) is 19.1 Å². The van der Waals surface area contributed by atoms with Crippen molar-refractivity contribution in [1.82, 2.24) is 20.2 Å². The molecule has 0 bridgehead atoms. The zero-order valence-corrected chi connectivity index (χ0v) is 10.9. The van der Waals surface area contributed by atoms with Gasteiger partial charge in [0.05, 0.1) is 17.2 Å². The highest BCUT2D eigenvalue weighted by atomic mass is 16.2. The second-order valence-electron chi connectivity index (χ2n) is 4.33. The average molecular weight is 267 g/mol. The van der Waals surface area contributed by atoms with Gasteiger partial charge in [-0.2, -0.15) is 5.10 Å². The predicted molar refractivity (Wildman–Crippen MR) is 75.5 cm³/mol. The Labute approximate surface area is 115 Å². The molecule has 3 aromatic rings. The predicted octanol–water partition coefficient (Wildman–Crippen LogP) is 2.17. The molecule has 100 valence electrons. The Kier molecular flexibility index (Phi) is 3.12. The summed E-state index contributed by atoms with van der Waals surface area (Å²) >= 11 is 0. The van der Waals surface area contributed by atoms with Crippen molar-refractivity contribution in [3.63, 3.8) is 0 Å². The van der Waals surface area contributed by atoms with Crippen LogP contribution in [0.15, 0.2) is 36.5 Å². The van der Waals surface area contributed by atoms with E-state index in [2.05, 4.69) is 25.5 Å². The van der Waals surface area contributed by atoms with Crippen LogP contribution in [0, 0.1) is 0 Å². The number of aromatic nitrogens is 4. The van der Waals surface area contributed by atoms with Gasteiger partial charge in [-0.15, -0.1) is 0 Å². The van der Waals surface area contributed by atoms with Crippen molar-refractivity contribution in [3.05, 3.63) is 47.9 Å². The molecule has 0 atom stereocenters. The first-order valence-electron chi connectivity index (χ1n) is 6.33. The number of para-hydroxylation sites is 2.